The summed E-state index contributed by atoms with van der Waals surface area (Å²) >= 11 is 1.25. The van der Waals surface area contributed by atoms with E-state index in [0.29, 0.717) is 17.3 Å². The van der Waals surface area contributed by atoms with Gasteiger partial charge in [0.2, 0.25) is 0 Å². The molecular formula is C16H15N5O3S. The Morgan fingerprint density at radius 2 is 2.12 bits per heavy atom. The fourth-order valence-electron chi connectivity index (χ4n) is 1.87. The van der Waals surface area contributed by atoms with Crippen molar-refractivity contribution in [2.24, 2.45) is 5.11 Å². The Morgan fingerprint density at radius 1 is 1.32 bits per heavy atom. The lowest BCUT2D eigenvalue weighted by Gasteiger charge is -2.07. The molecule has 1 N–H and O–H groups in total. The minimum Gasteiger partial charge on any atom is -0.465 e. The third-order valence-electron chi connectivity index (χ3n) is 2.94. The normalized spacial score (nSPS) is 9.80. The number of aromatic nitrogens is 1. The topological polar surface area (TPSA) is 117 Å². The number of nitrogens with zero attached hydrogens (tertiary/aromatic N) is 4. The zero-order valence-corrected chi connectivity index (χ0v) is 14.2. The fraction of sp³-hybridized carbons (Fsp3) is 0.188. The van der Waals surface area contributed by atoms with Crippen LogP contribution in [0, 0.1) is 0 Å². The van der Waals surface area contributed by atoms with Gasteiger partial charge in [-0.2, -0.15) is 0 Å². The van der Waals surface area contributed by atoms with Crippen LogP contribution in [-0.4, -0.2) is 29.2 Å². The summed E-state index contributed by atoms with van der Waals surface area (Å²) in [5.74, 6) is -0.537. The minimum absolute atomic E-state index is 0.173. The SMILES string of the molecule is CCOC(=O)CSc1ccc(NC(=O)c2ccccc2N=[N+]=[N-])cn1. The highest BCUT2D eigenvalue weighted by atomic mass is 32.2. The van der Waals surface area contributed by atoms with Gasteiger partial charge in [0, 0.05) is 10.5 Å². The van der Waals surface area contributed by atoms with Crippen molar-refractivity contribution in [3.05, 3.63) is 58.6 Å². The maximum Gasteiger partial charge on any atom is 0.316 e. The number of carbonyl (C=O) groups is 2. The Bertz CT molecular complexity index is 804. The van der Waals surface area contributed by atoms with Crippen LogP contribution in [0.4, 0.5) is 11.4 Å². The quantitative estimate of drug-likeness (QED) is 0.265. The first-order chi connectivity index (χ1) is 12.1. The number of hydrogen-bond acceptors (Lipinski definition) is 6. The Balaban J connectivity index is 2.00. The average Bonchev–Trinajstić information content (AvgIpc) is 2.62. The van der Waals surface area contributed by atoms with Gasteiger partial charge in [-0.25, -0.2) is 4.98 Å². The highest BCUT2D eigenvalue weighted by Gasteiger charge is 2.11. The van der Waals surface area contributed by atoms with Crippen LogP contribution in [0.2, 0.25) is 0 Å². The van der Waals surface area contributed by atoms with Crippen molar-refractivity contribution in [3.63, 3.8) is 0 Å². The summed E-state index contributed by atoms with van der Waals surface area (Å²) in [4.78, 5) is 30.5. The molecule has 0 aliphatic heterocycles. The third-order valence-corrected chi connectivity index (χ3v) is 3.86. The third kappa shape index (κ3) is 5.52. The second kappa shape index (κ2) is 9.31. The van der Waals surface area contributed by atoms with E-state index in [2.05, 4.69) is 20.3 Å². The molecule has 0 unspecified atom stereocenters. The predicted octanol–water partition coefficient (Wildman–Crippen LogP) is 3.93. The van der Waals surface area contributed by atoms with Crippen molar-refractivity contribution in [2.75, 3.05) is 17.7 Å². The van der Waals surface area contributed by atoms with Crippen LogP contribution in [0.5, 0.6) is 0 Å². The second-order valence-electron chi connectivity index (χ2n) is 4.64. The summed E-state index contributed by atoms with van der Waals surface area (Å²) in [6, 6.07) is 9.85. The summed E-state index contributed by atoms with van der Waals surface area (Å²) in [7, 11) is 0. The van der Waals surface area contributed by atoms with E-state index in [1.165, 1.54) is 18.0 Å². The summed E-state index contributed by atoms with van der Waals surface area (Å²) in [6.07, 6.45) is 1.49. The largest absolute Gasteiger partial charge is 0.465 e. The molecule has 128 valence electrons. The van der Waals surface area contributed by atoms with Crippen LogP contribution in [0.15, 0.2) is 52.7 Å². The first-order valence-corrected chi connectivity index (χ1v) is 8.32. The van der Waals surface area contributed by atoms with Crippen LogP contribution < -0.4 is 5.32 Å². The van der Waals surface area contributed by atoms with Gasteiger partial charge in [0.1, 0.15) is 0 Å². The number of esters is 1. The molecule has 2 aromatic rings. The standard InChI is InChI=1S/C16H15N5O3S/c1-2-24-15(22)10-25-14-8-7-11(9-18-14)19-16(23)12-5-3-4-6-13(12)20-21-17/h3-9H,2,10H2,1H3,(H,19,23). The van der Waals surface area contributed by atoms with Crippen molar-refractivity contribution < 1.29 is 14.3 Å². The summed E-state index contributed by atoms with van der Waals surface area (Å²) in [5, 5.41) is 6.82. The summed E-state index contributed by atoms with van der Waals surface area (Å²) in [6.45, 7) is 2.09. The van der Waals surface area contributed by atoms with E-state index in [1.807, 2.05) is 0 Å². The zero-order valence-electron chi connectivity index (χ0n) is 13.4. The van der Waals surface area contributed by atoms with Gasteiger partial charge in [-0.05, 0) is 30.7 Å². The number of amides is 1. The van der Waals surface area contributed by atoms with E-state index in [4.69, 9.17) is 10.3 Å². The van der Waals surface area contributed by atoms with Gasteiger partial charge in [-0.1, -0.05) is 35.1 Å². The molecule has 0 fully saturated rings. The van der Waals surface area contributed by atoms with Gasteiger partial charge in [0.25, 0.3) is 5.91 Å². The number of azide groups is 1. The average molecular weight is 357 g/mol. The number of ether oxygens (including phenoxy) is 1. The lowest BCUT2D eigenvalue weighted by molar-refractivity contribution is -0.139. The van der Waals surface area contributed by atoms with Crippen LogP contribution in [0.1, 0.15) is 17.3 Å². The lowest BCUT2D eigenvalue weighted by atomic mass is 10.1. The molecule has 0 aliphatic carbocycles. The monoisotopic (exact) mass is 357 g/mol. The Kier molecular flexibility index (Phi) is 6.82. The van der Waals surface area contributed by atoms with Gasteiger partial charge >= 0.3 is 5.97 Å². The number of anilines is 1. The number of pyridine rings is 1. The van der Waals surface area contributed by atoms with Crippen molar-refractivity contribution in [1.82, 2.24) is 4.98 Å². The van der Waals surface area contributed by atoms with Gasteiger partial charge in [-0.3, -0.25) is 9.59 Å². The molecule has 8 nitrogen and oxygen atoms in total. The van der Waals surface area contributed by atoms with E-state index >= 15 is 0 Å². The van der Waals surface area contributed by atoms with Crippen molar-refractivity contribution in [3.8, 4) is 0 Å². The predicted molar refractivity (Wildman–Crippen MR) is 94.8 cm³/mol. The highest BCUT2D eigenvalue weighted by molar-refractivity contribution is 7.99. The molecule has 0 saturated heterocycles. The number of rotatable bonds is 7. The van der Waals surface area contributed by atoms with Crippen molar-refractivity contribution in [1.29, 1.82) is 0 Å². The fourth-order valence-corrected chi connectivity index (χ4v) is 2.52. The van der Waals surface area contributed by atoms with Crippen LogP contribution in [0.3, 0.4) is 0 Å². The molecule has 1 heterocycles. The first kappa shape index (κ1) is 18.3. The van der Waals surface area contributed by atoms with E-state index in [-0.39, 0.29) is 23.0 Å². The Hall–Kier alpha value is -3.03. The van der Waals surface area contributed by atoms with Crippen LogP contribution in [0.25, 0.3) is 10.4 Å². The maximum absolute atomic E-state index is 12.3. The molecule has 1 aromatic heterocycles. The van der Waals surface area contributed by atoms with Crippen LogP contribution in [-0.2, 0) is 9.53 Å². The molecule has 0 bridgehead atoms. The molecule has 9 heteroatoms. The van der Waals surface area contributed by atoms with Gasteiger partial charge in [0.15, 0.2) is 0 Å². The van der Waals surface area contributed by atoms with Crippen LogP contribution >= 0.6 is 11.8 Å². The number of nitrogens with one attached hydrogen (secondary N) is 1. The first-order valence-electron chi connectivity index (χ1n) is 7.34. The second-order valence-corrected chi connectivity index (χ2v) is 5.64. The molecule has 1 amide bonds. The molecule has 0 radical (unpaired) electrons. The molecule has 0 aliphatic rings. The van der Waals surface area contributed by atoms with Gasteiger partial charge < -0.3 is 10.1 Å². The summed E-state index contributed by atoms with van der Waals surface area (Å²) in [5.41, 5.74) is 9.55. The lowest BCUT2D eigenvalue weighted by Crippen LogP contribution is -2.12. The van der Waals surface area contributed by atoms with Gasteiger partial charge in [-0.15, -0.1) is 0 Å². The molecule has 25 heavy (non-hydrogen) atoms. The maximum atomic E-state index is 12.3. The van der Waals surface area contributed by atoms with E-state index in [1.54, 1.807) is 43.3 Å². The Labute approximate surface area is 148 Å². The number of benzene rings is 1. The molecule has 2 rings (SSSR count). The summed E-state index contributed by atoms with van der Waals surface area (Å²) < 4.78 is 4.84. The van der Waals surface area contributed by atoms with E-state index in [0.717, 1.165) is 0 Å². The van der Waals surface area contributed by atoms with Gasteiger partial charge in [0.05, 0.1) is 35.0 Å². The zero-order chi connectivity index (χ0) is 18.1. The van der Waals surface area contributed by atoms with Crippen molar-refractivity contribution >= 4 is 35.0 Å². The molecule has 0 spiro atoms. The highest BCUT2D eigenvalue weighted by Crippen LogP contribution is 2.21. The van der Waals surface area contributed by atoms with Crippen molar-refractivity contribution in [2.45, 2.75) is 11.9 Å². The number of hydrogen-bond donors (Lipinski definition) is 1. The molecule has 0 saturated carbocycles. The van der Waals surface area contributed by atoms with E-state index < -0.39 is 5.91 Å². The number of thioether (sulfide) groups is 1. The smallest absolute Gasteiger partial charge is 0.316 e. The Morgan fingerprint density at radius 3 is 2.80 bits per heavy atom. The molecule has 1 aromatic carbocycles. The van der Waals surface area contributed by atoms with E-state index in [9.17, 15) is 9.59 Å². The molecule has 0 atom stereocenters. The minimum atomic E-state index is -0.406. The molecular weight excluding hydrogens is 342 g/mol. The number of carbonyl (C=O) groups excluding carboxylic acids is 2.